The zero-order valence-corrected chi connectivity index (χ0v) is 11.8. The predicted molar refractivity (Wildman–Crippen MR) is 71.7 cm³/mol. The number of rotatable bonds is 5. The van der Waals surface area contributed by atoms with Gasteiger partial charge in [-0.1, -0.05) is 32.8 Å². The van der Waals surface area contributed by atoms with E-state index in [2.05, 4.69) is 35.8 Å². The largest absolute Gasteiger partial charge is 0.496 e. The van der Waals surface area contributed by atoms with Gasteiger partial charge in [0.25, 0.3) is 0 Å². The minimum atomic E-state index is 0.109. The summed E-state index contributed by atoms with van der Waals surface area (Å²) >= 11 is 3.49. The lowest BCUT2D eigenvalue weighted by Crippen LogP contribution is -2.20. The zero-order valence-electron chi connectivity index (χ0n) is 10.2. The van der Waals surface area contributed by atoms with Crippen LogP contribution >= 0.6 is 15.9 Å². The summed E-state index contributed by atoms with van der Waals surface area (Å²) in [6, 6.07) is 6.17. The molecule has 0 aromatic heterocycles. The molecule has 0 aliphatic rings. The third-order valence-electron chi connectivity index (χ3n) is 3.12. The van der Waals surface area contributed by atoms with Crippen LogP contribution in [0.5, 0.6) is 5.75 Å². The average Bonchev–Trinajstić information content (AvgIpc) is 2.30. The third kappa shape index (κ3) is 2.98. The predicted octanol–water partition coefficient (Wildman–Crippen LogP) is 3.89. The monoisotopic (exact) mass is 285 g/mol. The highest BCUT2D eigenvalue weighted by molar-refractivity contribution is 9.10. The summed E-state index contributed by atoms with van der Waals surface area (Å²) in [4.78, 5) is 0. The van der Waals surface area contributed by atoms with E-state index in [1.807, 2.05) is 12.1 Å². The molecular weight excluding hydrogens is 266 g/mol. The van der Waals surface area contributed by atoms with Gasteiger partial charge in [-0.3, -0.25) is 0 Å². The molecule has 1 unspecified atom stereocenters. The fraction of sp³-hybridized carbons (Fsp3) is 0.538. The van der Waals surface area contributed by atoms with E-state index >= 15 is 0 Å². The van der Waals surface area contributed by atoms with Crippen molar-refractivity contribution in [3.05, 3.63) is 28.2 Å². The Morgan fingerprint density at radius 1 is 1.31 bits per heavy atom. The van der Waals surface area contributed by atoms with Crippen molar-refractivity contribution in [2.24, 2.45) is 11.7 Å². The topological polar surface area (TPSA) is 35.2 Å². The number of halogens is 1. The van der Waals surface area contributed by atoms with Crippen molar-refractivity contribution in [2.45, 2.75) is 32.7 Å². The second-order valence-electron chi connectivity index (χ2n) is 4.00. The highest BCUT2D eigenvalue weighted by atomic mass is 79.9. The smallest absolute Gasteiger partial charge is 0.133 e. The molecule has 2 nitrogen and oxygen atoms in total. The quantitative estimate of drug-likeness (QED) is 0.891. The summed E-state index contributed by atoms with van der Waals surface area (Å²) in [6.45, 7) is 4.37. The van der Waals surface area contributed by atoms with Crippen LogP contribution in [0, 0.1) is 5.92 Å². The maximum Gasteiger partial charge on any atom is 0.133 e. The van der Waals surface area contributed by atoms with E-state index in [1.165, 1.54) is 5.56 Å². The first-order valence-corrected chi connectivity index (χ1v) is 6.52. The van der Waals surface area contributed by atoms with Crippen molar-refractivity contribution in [3.63, 3.8) is 0 Å². The molecule has 2 N–H and O–H groups in total. The fourth-order valence-electron chi connectivity index (χ4n) is 1.96. The van der Waals surface area contributed by atoms with Gasteiger partial charge in [0.1, 0.15) is 5.75 Å². The first-order valence-electron chi connectivity index (χ1n) is 5.73. The van der Waals surface area contributed by atoms with Gasteiger partial charge < -0.3 is 10.5 Å². The molecule has 0 amide bonds. The van der Waals surface area contributed by atoms with Gasteiger partial charge in [0.2, 0.25) is 0 Å². The Morgan fingerprint density at radius 2 is 1.94 bits per heavy atom. The Morgan fingerprint density at radius 3 is 2.38 bits per heavy atom. The van der Waals surface area contributed by atoms with Gasteiger partial charge >= 0.3 is 0 Å². The molecule has 1 aromatic carbocycles. The number of ether oxygens (including phenoxy) is 1. The number of hydrogen-bond acceptors (Lipinski definition) is 2. The number of methoxy groups -OCH3 is 1. The van der Waals surface area contributed by atoms with Gasteiger partial charge in [0, 0.05) is 6.04 Å². The molecule has 0 aliphatic carbocycles. The van der Waals surface area contributed by atoms with Crippen LogP contribution in [0.15, 0.2) is 22.7 Å². The van der Waals surface area contributed by atoms with Gasteiger partial charge in [0.15, 0.2) is 0 Å². The summed E-state index contributed by atoms with van der Waals surface area (Å²) in [7, 11) is 1.67. The molecule has 1 atom stereocenters. The highest BCUT2D eigenvalue weighted by Crippen LogP contribution is 2.31. The molecule has 0 fully saturated rings. The van der Waals surface area contributed by atoms with E-state index in [9.17, 15) is 0 Å². The van der Waals surface area contributed by atoms with Crippen molar-refractivity contribution in [2.75, 3.05) is 7.11 Å². The van der Waals surface area contributed by atoms with E-state index in [-0.39, 0.29) is 6.04 Å². The van der Waals surface area contributed by atoms with Crippen LogP contribution in [0.3, 0.4) is 0 Å². The van der Waals surface area contributed by atoms with Crippen LogP contribution in [0.25, 0.3) is 0 Å². The summed E-state index contributed by atoms with van der Waals surface area (Å²) in [5.74, 6) is 1.39. The average molecular weight is 286 g/mol. The van der Waals surface area contributed by atoms with Crippen molar-refractivity contribution in [3.8, 4) is 5.75 Å². The van der Waals surface area contributed by atoms with Gasteiger partial charge in [-0.2, -0.15) is 0 Å². The Balaban J connectivity index is 2.91. The first-order chi connectivity index (χ1) is 7.63. The molecule has 0 spiro atoms. The van der Waals surface area contributed by atoms with Crippen molar-refractivity contribution >= 4 is 15.9 Å². The van der Waals surface area contributed by atoms with Gasteiger partial charge in [-0.05, 0) is 39.5 Å². The lowest BCUT2D eigenvalue weighted by molar-refractivity contribution is 0.400. The van der Waals surface area contributed by atoms with Crippen LogP contribution in [-0.2, 0) is 0 Å². The molecule has 0 saturated carbocycles. The van der Waals surface area contributed by atoms with Crippen LogP contribution in [0.2, 0.25) is 0 Å². The maximum absolute atomic E-state index is 6.26. The van der Waals surface area contributed by atoms with E-state index in [0.717, 1.165) is 23.1 Å². The molecule has 0 bridgehead atoms. The second-order valence-corrected chi connectivity index (χ2v) is 4.85. The van der Waals surface area contributed by atoms with E-state index in [0.29, 0.717) is 5.92 Å². The van der Waals surface area contributed by atoms with Crippen molar-refractivity contribution < 1.29 is 4.74 Å². The summed E-state index contributed by atoms with van der Waals surface area (Å²) in [6.07, 6.45) is 2.22. The molecule has 90 valence electrons. The molecular formula is C13H20BrNO. The Kier molecular flexibility index (Phi) is 5.29. The lowest BCUT2D eigenvalue weighted by atomic mass is 9.90. The lowest BCUT2D eigenvalue weighted by Gasteiger charge is -2.22. The summed E-state index contributed by atoms with van der Waals surface area (Å²) in [5.41, 5.74) is 7.43. The molecule has 0 radical (unpaired) electrons. The normalized spacial score (nSPS) is 12.9. The number of hydrogen-bond donors (Lipinski definition) is 1. The van der Waals surface area contributed by atoms with Crippen LogP contribution in [-0.4, -0.2) is 7.11 Å². The first kappa shape index (κ1) is 13.5. The molecule has 0 aliphatic heterocycles. The minimum absolute atomic E-state index is 0.109. The Labute approximate surface area is 106 Å². The fourth-order valence-corrected chi connectivity index (χ4v) is 2.52. The van der Waals surface area contributed by atoms with Crippen LogP contribution in [0.4, 0.5) is 0 Å². The van der Waals surface area contributed by atoms with Gasteiger partial charge in [0.05, 0.1) is 11.6 Å². The molecule has 16 heavy (non-hydrogen) atoms. The third-order valence-corrected chi connectivity index (χ3v) is 3.74. The number of benzene rings is 1. The summed E-state index contributed by atoms with van der Waals surface area (Å²) < 4.78 is 6.17. The van der Waals surface area contributed by atoms with Gasteiger partial charge in [-0.15, -0.1) is 0 Å². The highest BCUT2D eigenvalue weighted by Gasteiger charge is 2.16. The standard InChI is InChI=1S/C13H20BrNO/c1-4-9(5-2)13(15)10-6-7-12(16-3)11(14)8-10/h6-9,13H,4-5,15H2,1-3H3. The summed E-state index contributed by atoms with van der Waals surface area (Å²) in [5, 5.41) is 0. The second kappa shape index (κ2) is 6.26. The van der Waals surface area contributed by atoms with E-state index in [1.54, 1.807) is 7.11 Å². The molecule has 1 aromatic rings. The van der Waals surface area contributed by atoms with Crippen LogP contribution < -0.4 is 10.5 Å². The van der Waals surface area contributed by atoms with E-state index < -0.39 is 0 Å². The molecule has 0 heterocycles. The Bertz CT molecular complexity index is 337. The molecule has 1 rings (SSSR count). The van der Waals surface area contributed by atoms with Crippen molar-refractivity contribution in [1.82, 2.24) is 0 Å². The van der Waals surface area contributed by atoms with Crippen LogP contribution in [0.1, 0.15) is 38.3 Å². The minimum Gasteiger partial charge on any atom is -0.496 e. The SMILES string of the molecule is CCC(CC)C(N)c1ccc(OC)c(Br)c1. The van der Waals surface area contributed by atoms with Gasteiger partial charge in [-0.25, -0.2) is 0 Å². The van der Waals surface area contributed by atoms with Crippen molar-refractivity contribution in [1.29, 1.82) is 0 Å². The Hall–Kier alpha value is -0.540. The zero-order chi connectivity index (χ0) is 12.1. The van der Waals surface area contributed by atoms with E-state index in [4.69, 9.17) is 10.5 Å². The maximum atomic E-state index is 6.26. The number of nitrogens with two attached hydrogens (primary N) is 1. The molecule has 3 heteroatoms. The molecule has 0 saturated heterocycles.